The molecule has 0 N–H and O–H groups in total. The van der Waals surface area contributed by atoms with Gasteiger partial charge in [-0.25, -0.2) is 0 Å². The fourth-order valence-electron chi connectivity index (χ4n) is 1.43. The van der Waals surface area contributed by atoms with Crippen LogP contribution in [0.2, 0.25) is 3.86 Å². The van der Waals surface area contributed by atoms with Crippen LogP contribution < -0.4 is 0 Å². The van der Waals surface area contributed by atoms with Crippen LogP contribution in [0.15, 0.2) is 0 Å². The van der Waals surface area contributed by atoms with Crippen LogP contribution in [0.1, 0.15) is 44.9 Å². The summed E-state index contributed by atoms with van der Waals surface area (Å²) in [6, 6.07) is 0. The molecule has 0 atom stereocenters. The van der Waals surface area contributed by atoms with E-state index in [1.54, 1.807) is 0 Å². The van der Waals surface area contributed by atoms with Crippen molar-refractivity contribution < 1.29 is 0 Å². The van der Waals surface area contributed by atoms with E-state index >= 15 is 0 Å². The first-order chi connectivity index (χ1) is 4.39. The maximum atomic E-state index is 2.05. The first-order valence-corrected chi connectivity index (χ1v) is 5.55. The van der Waals surface area contributed by atoms with Crippen molar-refractivity contribution in [2.45, 2.75) is 48.8 Å². The summed E-state index contributed by atoms with van der Waals surface area (Å²) in [6.45, 7) is 0. The number of rotatable bonds is 0. The van der Waals surface area contributed by atoms with E-state index in [0.717, 1.165) is 3.86 Å². The molecule has 0 aromatic rings. The fraction of sp³-hybridized carbons (Fsp3) is 1.00. The Kier molecular flexibility index (Phi) is 4.05. The normalized spacial score (nSPS) is 25.0. The summed E-state index contributed by atoms with van der Waals surface area (Å²) in [6.07, 6.45) is 10.5. The van der Waals surface area contributed by atoms with E-state index in [1.807, 2.05) is 0 Å². The average molecular weight is 233 g/mol. The van der Waals surface area contributed by atoms with Gasteiger partial charge in [-0.1, -0.05) is 0 Å². The van der Waals surface area contributed by atoms with Crippen molar-refractivity contribution in [1.29, 1.82) is 0 Å². The van der Waals surface area contributed by atoms with Crippen LogP contribution >= 0.6 is 0 Å². The molecule has 1 saturated carbocycles. The van der Waals surface area contributed by atoms with E-state index in [0.29, 0.717) is 0 Å². The predicted octanol–water partition coefficient (Wildman–Crippen LogP) is 2.69. The summed E-state index contributed by atoms with van der Waals surface area (Å²) < 4.78 is 1.07. The van der Waals surface area contributed by atoms with Crippen molar-refractivity contribution in [1.82, 2.24) is 0 Å². The SMILES string of the molecule is [Sb][CH]1CCCCCCC1. The molecule has 0 spiro atoms. The molecule has 1 rings (SSSR count). The summed E-state index contributed by atoms with van der Waals surface area (Å²) in [5, 5.41) is 0. The summed E-state index contributed by atoms with van der Waals surface area (Å²) in [4.78, 5) is 0. The topological polar surface area (TPSA) is 0 Å². The predicted molar refractivity (Wildman–Crippen MR) is 41.8 cm³/mol. The molecule has 0 aromatic heterocycles. The van der Waals surface area contributed by atoms with Crippen molar-refractivity contribution in [2.75, 3.05) is 0 Å². The molecule has 0 nitrogen and oxygen atoms in total. The van der Waals surface area contributed by atoms with Gasteiger partial charge in [0.15, 0.2) is 0 Å². The number of hydrogen-bond donors (Lipinski definition) is 0. The van der Waals surface area contributed by atoms with Crippen LogP contribution in [0.25, 0.3) is 0 Å². The second kappa shape index (κ2) is 4.61. The second-order valence-corrected chi connectivity index (χ2v) is 5.08. The van der Waals surface area contributed by atoms with Crippen LogP contribution in [0, 0.1) is 0 Å². The van der Waals surface area contributed by atoms with E-state index in [9.17, 15) is 0 Å². The Morgan fingerprint density at radius 2 is 1.22 bits per heavy atom. The third-order valence-electron chi connectivity index (χ3n) is 2.07. The Morgan fingerprint density at radius 1 is 0.778 bits per heavy atom. The zero-order valence-electron chi connectivity index (χ0n) is 5.97. The van der Waals surface area contributed by atoms with Crippen LogP contribution in [0.3, 0.4) is 0 Å². The van der Waals surface area contributed by atoms with Crippen molar-refractivity contribution in [3.05, 3.63) is 0 Å². The third-order valence-corrected chi connectivity index (χ3v) is 3.55. The molecule has 2 radical (unpaired) electrons. The van der Waals surface area contributed by atoms with Gasteiger partial charge in [-0.3, -0.25) is 0 Å². The molecule has 0 heterocycles. The quantitative estimate of drug-likeness (QED) is 0.564. The van der Waals surface area contributed by atoms with Crippen molar-refractivity contribution in [3.63, 3.8) is 0 Å². The van der Waals surface area contributed by atoms with Gasteiger partial charge in [-0.15, -0.1) is 0 Å². The van der Waals surface area contributed by atoms with Crippen LogP contribution in [-0.4, -0.2) is 23.0 Å². The van der Waals surface area contributed by atoms with Gasteiger partial charge in [0.2, 0.25) is 0 Å². The molecule has 9 heavy (non-hydrogen) atoms. The zero-order valence-corrected chi connectivity index (χ0v) is 8.53. The molecule has 52 valence electrons. The molecule has 1 heteroatoms. The van der Waals surface area contributed by atoms with Crippen LogP contribution in [0.4, 0.5) is 0 Å². The van der Waals surface area contributed by atoms with E-state index < -0.39 is 0 Å². The zero-order chi connectivity index (χ0) is 6.53. The van der Waals surface area contributed by atoms with Gasteiger partial charge < -0.3 is 0 Å². The summed E-state index contributed by atoms with van der Waals surface area (Å²) in [5.41, 5.74) is 0. The molecule has 0 aromatic carbocycles. The van der Waals surface area contributed by atoms with Crippen LogP contribution in [0.5, 0.6) is 0 Å². The molecule has 0 saturated heterocycles. The Hall–Kier alpha value is 0.818. The minimum absolute atomic E-state index is 1.07. The van der Waals surface area contributed by atoms with Gasteiger partial charge in [0, 0.05) is 0 Å². The van der Waals surface area contributed by atoms with Crippen molar-refractivity contribution >= 4 is 23.0 Å². The molecular weight excluding hydrogens is 218 g/mol. The minimum atomic E-state index is 1.07. The van der Waals surface area contributed by atoms with Crippen molar-refractivity contribution in [2.24, 2.45) is 0 Å². The Bertz CT molecular complexity index is 63.0. The molecule has 1 aliphatic carbocycles. The van der Waals surface area contributed by atoms with Gasteiger partial charge in [0.1, 0.15) is 0 Å². The Morgan fingerprint density at radius 3 is 1.78 bits per heavy atom. The monoisotopic (exact) mass is 232 g/mol. The van der Waals surface area contributed by atoms with Gasteiger partial charge in [0.25, 0.3) is 0 Å². The molecule has 0 aliphatic heterocycles. The summed E-state index contributed by atoms with van der Waals surface area (Å²) in [7, 11) is 0. The first kappa shape index (κ1) is 7.92. The molecule has 0 amide bonds. The average Bonchev–Trinajstić information content (AvgIpc) is 1.79. The summed E-state index contributed by atoms with van der Waals surface area (Å²) in [5.74, 6) is 0. The van der Waals surface area contributed by atoms with Gasteiger partial charge in [-0.05, 0) is 0 Å². The van der Waals surface area contributed by atoms with E-state index in [1.165, 1.54) is 44.9 Å². The Balaban J connectivity index is 2.12. The van der Waals surface area contributed by atoms with E-state index in [-0.39, 0.29) is 0 Å². The fourth-order valence-corrected chi connectivity index (χ4v) is 2.48. The van der Waals surface area contributed by atoms with Gasteiger partial charge in [-0.2, -0.15) is 0 Å². The molecule has 1 aliphatic rings. The molecule has 0 unspecified atom stereocenters. The maximum absolute atomic E-state index is 2.05. The molecular formula is C8H15Sb. The van der Waals surface area contributed by atoms with E-state index in [4.69, 9.17) is 0 Å². The summed E-state index contributed by atoms with van der Waals surface area (Å²) >= 11 is 2.05. The van der Waals surface area contributed by atoms with Gasteiger partial charge in [0.05, 0.1) is 0 Å². The van der Waals surface area contributed by atoms with Crippen LogP contribution in [-0.2, 0) is 0 Å². The van der Waals surface area contributed by atoms with Gasteiger partial charge >= 0.3 is 71.8 Å². The number of hydrogen-bond acceptors (Lipinski definition) is 0. The second-order valence-electron chi connectivity index (χ2n) is 3.00. The molecule has 0 bridgehead atoms. The Labute approximate surface area is 71.9 Å². The molecule has 1 fully saturated rings. The first-order valence-electron chi connectivity index (χ1n) is 4.07. The standard InChI is InChI=1S/C8H15.Sb/c1-2-4-6-8-7-5-3-1;/h1H,2-8H2;. The van der Waals surface area contributed by atoms with Crippen molar-refractivity contribution in [3.8, 4) is 0 Å². The van der Waals surface area contributed by atoms with E-state index in [2.05, 4.69) is 23.0 Å². The third kappa shape index (κ3) is 3.50.